The Hall–Kier alpha value is -4.73. The van der Waals surface area contributed by atoms with E-state index in [9.17, 15) is 40.4 Å². The first-order valence-electron chi connectivity index (χ1n) is 18.1. The van der Waals surface area contributed by atoms with Gasteiger partial charge in [0.25, 0.3) is 5.91 Å². The lowest BCUT2D eigenvalue weighted by Crippen LogP contribution is -2.58. The molecule has 3 heterocycles. The van der Waals surface area contributed by atoms with Gasteiger partial charge in [-0.3, -0.25) is 19.1 Å². The van der Waals surface area contributed by atoms with Gasteiger partial charge in [0.05, 0.1) is 16.9 Å². The number of sulfonamides is 1. The van der Waals surface area contributed by atoms with Gasteiger partial charge < -0.3 is 20.3 Å². The third-order valence-electron chi connectivity index (χ3n) is 11.0. The van der Waals surface area contributed by atoms with Crippen LogP contribution in [0.2, 0.25) is 0 Å². The van der Waals surface area contributed by atoms with Gasteiger partial charge in [0, 0.05) is 29.6 Å². The highest BCUT2D eigenvalue weighted by molar-refractivity contribution is 7.91. The summed E-state index contributed by atoms with van der Waals surface area (Å²) in [6, 6.07) is 9.27. The molecule has 3 aromatic rings. The molecule has 5 atom stereocenters. The number of nitrogens with zero attached hydrogens (tertiary/aromatic N) is 2. The average Bonchev–Trinajstić information content (AvgIpc) is 4.00. The minimum atomic E-state index is -4.97. The van der Waals surface area contributed by atoms with E-state index in [2.05, 4.69) is 20.3 Å². The zero-order valence-corrected chi connectivity index (χ0v) is 30.3. The highest BCUT2D eigenvalue weighted by atomic mass is 32.2. The normalized spacial score (nSPS) is 27.8. The molecule has 2 aliphatic carbocycles. The second-order valence-corrected chi connectivity index (χ2v) is 17.1. The number of allylic oxidation sites excluding steroid dienone is 1. The highest BCUT2D eigenvalue weighted by Gasteiger charge is 2.63. The molecule has 0 spiro atoms. The number of amides is 3. The topological polar surface area (TPSA) is 147 Å². The van der Waals surface area contributed by atoms with Crippen LogP contribution in [-0.2, 0) is 30.6 Å². The van der Waals surface area contributed by atoms with Crippen LogP contribution in [-0.4, -0.2) is 71.0 Å². The second kappa shape index (κ2) is 14.2. The molecule has 1 aromatic heterocycles. The van der Waals surface area contributed by atoms with Crippen molar-refractivity contribution >= 4 is 44.2 Å². The molecule has 4 aliphatic rings. The Morgan fingerprint density at radius 3 is 2.61 bits per heavy atom. The Morgan fingerprint density at radius 1 is 1.07 bits per heavy atom. The number of aromatic nitrogens is 1. The van der Waals surface area contributed by atoms with Crippen molar-refractivity contribution in [2.45, 2.75) is 99.4 Å². The first kappa shape index (κ1) is 37.6. The number of fused-ring (bicyclic) bond motifs is 3. The van der Waals surface area contributed by atoms with E-state index in [1.165, 1.54) is 4.90 Å². The first-order valence-corrected chi connectivity index (χ1v) is 19.6. The van der Waals surface area contributed by atoms with Crippen molar-refractivity contribution in [3.63, 3.8) is 0 Å². The van der Waals surface area contributed by atoms with Gasteiger partial charge in [-0.1, -0.05) is 43.2 Å². The molecule has 0 unspecified atom stereocenters. The van der Waals surface area contributed by atoms with Gasteiger partial charge >= 0.3 is 6.18 Å². The number of rotatable bonds is 7. The number of carbonyl (C=O) groups excluding carboxylic acids is 3. The SMILES string of the molecule is CC1(S(=O)(=O)NC(=O)[C@@]23C[C@H]2/C=C\CCCCC[C@H](Nc2ccc(F)c(C(F)(F)F)c2)C(=O)N2C[C@H](Oc4nccc5ccccc45)C[C@H]2C(=O)N3)CC1. The Balaban J connectivity index is 1.21. The van der Waals surface area contributed by atoms with E-state index in [0.717, 1.165) is 11.5 Å². The number of benzene rings is 2. The Morgan fingerprint density at radius 2 is 1.85 bits per heavy atom. The van der Waals surface area contributed by atoms with Crippen molar-refractivity contribution in [1.29, 1.82) is 0 Å². The molecule has 7 rings (SSSR count). The van der Waals surface area contributed by atoms with Crippen LogP contribution in [0.4, 0.5) is 23.2 Å². The Labute approximate surface area is 310 Å². The number of carbonyl (C=O) groups is 3. The summed E-state index contributed by atoms with van der Waals surface area (Å²) in [5.41, 5.74) is -3.20. The second-order valence-electron chi connectivity index (χ2n) is 14.9. The number of ether oxygens (including phenoxy) is 1. The standard InChI is InChI=1S/C38H41F4N5O6S/c1-36(16-17-36)54(51,52)46-35(50)37-21-24(37)10-5-3-2-4-6-12-30(44-25-13-14-29(39)28(19-25)38(40,41)42)34(49)47-22-26(20-31(47)32(48)45-37)53-33-27-11-8-7-9-23(27)15-18-43-33/h5,7-11,13-15,18-19,24,26,30-31,44H,2-4,6,12,16-17,20-22H2,1H3,(H,45,48)(H,46,50)/b10-5-/t24-,26-,30+,31+,37-/m1/s1. The van der Waals surface area contributed by atoms with E-state index < -0.39 is 79.7 Å². The molecule has 2 saturated carbocycles. The van der Waals surface area contributed by atoms with Crippen molar-refractivity contribution in [2.75, 3.05) is 11.9 Å². The summed E-state index contributed by atoms with van der Waals surface area (Å²) in [6.07, 6.45) is 3.06. The van der Waals surface area contributed by atoms with Crippen LogP contribution in [0.5, 0.6) is 5.88 Å². The van der Waals surface area contributed by atoms with Gasteiger partial charge in [-0.2, -0.15) is 13.2 Å². The van der Waals surface area contributed by atoms with Crippen molar-refractivity contribution in [1.82, 2.24) is 19.9 Å². The molecule has 1 saturated heterocycles. The summed E-state index contributed by atoms with van der Waals surface area (Å²) < 4.78 is 88.7. The number of nitrogens with one attached hydrogen (secondary N) is 3. The maximum absolute atomic E-state index is 14.5. The quantitative estimate of drug-likeness (QED) is 0.208. The maximum Gasteiger partial charge on any atom is 0.419 e. The third kappa shape index (κ3) is 7.49. The molecule has 11 nitrogen and oxygen atoms in total. The Bertz CT molecular complexity index is 2100. The van der Waals surface area contributed by atoms with Crippen LogP contribution in [0.3, 0.4) is 0 Å². The molecule has 2 aliphatic heterocycles. The summed E-state index contributed by atoms with van der Waals surface area (Å²) in [7, 11) is -4.04. The smallest absolute Gasteiger partial charge is 0.419 e. The number of pyridine rings is 1. The van der Waals surface area contributed by atoms with Crippen LogP contribution < -0.4 is 20.1 Å². The number of hydrogen-bond acceptors (Lipinski definition) is 8. The minimum Gasteiger partial charge on any atom is -0.472 e. The molecule has 16 heteroatoms. The van der Waals surface area contributed by atoms with E-state index >= 15 is 0 Å². The monoisotopic (exact) mass is 771 g/mol. The zero-order chi connectivity index (χ0) is 38.5. The first-order chi connectivity index (χ1) is 25.6. The van der Waals surface area contributed by atoms with Crippen LogP contribution in [0.25, 0.3) is 10.8 Å². The van der Waals surface area contributed by atoms with E-state index in [-0.39, 0.29) is 37.4 Å². The fourth-order valence-corrected chi connectivity index (χ4v) is 8.64. The number of hydrogen-bond donors (Lipinski definition) is 3. The summed E-state index contributed by atoms with van der Waals surface area (Å²) >= 11 is 0. The van der Waals surface area contributed by atoms with Gasteiger partial charge in [0.1, 0.15) is 29.5 Å². The van der Waals surface area contributed by atoms with E-state index in [0.29, 0.717) is 56.0 Å². The lowest BCUT2D eigenvalue weighted by molar-refractivity contribution is -0.140. The molecule has 0 radical (unpaired) electrons. The lowest BCUT2D eigenvalue weighted by Gasteiger charge is -2.30. The van der Waals surface area contributed by atoms with Crippen molar-refractivity contribution < 1.29 is 45.1 Å². The van der Waals surface area contributed by atoms with Crippen molar-refractivity contribution in [3.05, 3.63) is 78.3 Å². The molecule has 0 bridgehead atoms. The number of alkyl halides is 3. The molecular formula is C38H41F4N5O6S. The Kier molecular flexibility index (Phi) is 9.86. The molecule has 2 aromatic carbocycles. The lowest BCUT2D eigenvalue weighted by atomic mass is 10.0. The van der Waals surface area contributed by atoms with Gasteiger partial charge in [0.2, 0.25) is 27.7 Å². The van der Waals surface area contributed by atoms with Gasteiger partial charge in [-0.25, -0.2) is 17.8 Å². The number of anilines is 1. The third-order valence-corrected chi connectivity index (χ3v) is 13.2. The molecule has 288 valence electrons. The van der Waals surface area contributed by atoms with Crippen LogP contribution >= 0.6 is 0 Å². The summed E-state index contributed by atoms with van der Waals surface area (Å²) in [6.45, 7) is 1.44. The predicted molar refractivity (Wildman–Crippen MR) is 191 cm³/mol. The van der Waals surface area contributed by atoms with Gasteiger partial charge in [0.15, 0.2) is 0 Å². The fraction of sp³-hybridized carbons (Fsp3) is 0.474. The summed E-state index contributed by atoms with van der Waals surface area (Å²) in [5.74, 6) is -3.85. The molecule has 3 fully saturated rings. The zero-order valence-electron chi connectivity index (χ0n) is 29.5. The average molecular weight is 772 g/mol. The van der Waals surface area contributed by atoms with E-state index in [4.69, 9.17) is 4.74 Å². The van der Waals surface area contributed by atoms with E-state index in [1.807, 2.05) is 36.4 Å². The van der Waals surface area contributed by atoms with Gasteiger partial charge in [-0.05, 0) is 81.2 Å². The van der Waals surface area contributed by atoms with Crippen LogP contribution in [0.1, 0.15) is 70.3 Å². The molecule has 3 amide bonds. The molecule has 54 heavy (non-hydrogen) atoms. The van der Waals surface area contributed by atoms with Crippen molar-refractivity contribution in [3.8, 4) is 5.88 Å². The predicted octanol–water partition coefficient (Wildman–Crippen LogP) is 5.62. The largest absolute Gasteiger partial charge is 0.472 e. The van der Waals surface area contributed by atoms with Gasteiger partial charge in [-0.15, -0.1) is 0 Å². The fourth-order valence-electron chi connectivity index (χ4n) is 7.32. The highest BCUT2D eigenvalue weighted by Crippen LogP contribution is 2.47. The van der Waals surface area contributed by atoms with Crippen molar-refractivity contribution in [2.24, 2.45) is 5.92 Å². The van der Waals surface area contributed by atoms with E-state index in [1.54, 1.807) is 19.2 Å². The number of halogens is 4. The summed E-state index contributed by atoms with van der Waals surface area (Å²) in [4.78, 5) is 48.3. The van der Waals surface area contributed by atoms with Crippen LogP contribution in [0, 0.1) is 11.7 Å². The maximum atomic E-state index is 14.5. The molecular weight excluding hydrogens is 731 g/mol. The minimum absolute atomic E-state index is 0.0292. The molecule has 3 N–H and O–H groups in total. The summed E-state index contributed by atoms with van der Waals surface area (Å²) in [5, 5.41) is 7.24. The van der Waals surface area contributed by atoms with Crippen LogP contribution in [0.15, 0.2) is 66.9 Å².